The minimum absolute atomic E-state index is 0.170. The summed E-state index contributed by atoms with van der Waals surface area (Å²) in [5.74, 6) is 0.522. The largest absolute Gasteiger partial charge is 0.339 e. The van der Waals surface area contributed by atoms with Gasteiger partial charge in [-0.3, -0.25) is 24.1 Å². The molecule has 10 nitrogen and oxygen atoms in total. The fourth-order valence-corrected chi connectivity index (χ4v) is 5.52. The van der Waals surface area contributed by atoms with Crippen LogP contribution in [0.3, 0.4) is 0 Å². The Bertz CT molecular complexity index is 1690. The maximum Gasteiger partial charge on any atom is 0.276 e. The summed E-state index contributed by atoms with van der Waals surface area (Å²) in [5.41, 5.74) is 4.91. The van der Waals surface area contributed by atoms with Crippen LogP contribution in [0.4, 0.5) is 17.3 Å². The molecule has 1 N–H and O–H groups in total. The zero-order valence-corrected chi connectivity index (χ0v) is 21.4. The van der Waals surface area contributed by atoms with Gasteiger partial charge in [-0.05, 0) is 67.1 Å². The number of nitrogens with one attached hydrogen (secondary N) is 1. The van der Waals surface area contributed by atoms with Crippen LogP contribution in [0.25, 0.3) is 11.1 Å². The van der Waals surface area contributed by atoms with Crippen LogP contribution in [0.1, 0.15) is 55.3 Å². The number of aldehydes is 2. The lowest BCUT2D eigenvalue weighted by atomic mass is 9.98. The van der Waals surface area contributed by atoms with Gasteiger partial charge in [0.05, 0.1) is 5.56 Å². The first kappa shape index (κ1) is 24.5. The third kappa shape index (κ3) is 4.23. The zero-order valence-electron chi connectivity index (χ0n) is 21.4. The quantitative estimate of drug-likeness (QED) is 0.385. The highest BCUT2D eigenvalue weighted by Gasteiger charge is 2.32. The van der Waals surface area contributed by atoms with Gasteiger partial charge < -0.3 is 14.5 Å². The van der Waals surface area contributed by atoms with Crippen molar-refractivity contribution in [2.75, 3.05) is 16.8 Å². The molecule has 0 aromatic carbocycles. The molecule has 6 rings (SSSR count). The first-order chi connectivity index (χ1) is 19.0. The molecule has 196 valence electrons. The van der Waals surface area contributed by atoms with Crippen molar-refractivity contribution in [3.63, 3.8) is 0 Å². The van der Waals surface area contributed by atoms with E-state index in [0.717, 1.165) is 25.7 Å². The summed E-state index contributed by atoms with van der Waals surface area (Å²) in [6.07, 6.45) is 10.2. The number of fused-ring (bicyclic) bond motifs is 3. The fourth-order valence-electron chi connectivity index (χ4n) is 5.52. The van der Waals surface area contributed by atoms with Gasteiger partial charge in [0.1, 0.15) is 23.0 Å². The van der Waals surface area contributed by atoms with Crippen LogP contribution < -0.4 is 15.8 Å². The van der Waals surface area contributed by atoms with Crippen molar-refractivity contribution in [2.45, 2.75) is 32.2 Å². The molecule has 0 radical (unpaired) electrons. The Morgan fingerprint density at radius 2 is 1.82 bits per heavy atom. The van der Waals surface area contributed by atoms with E-state index in [4.69, 9.17) is 0 Å². The molecular weight excluding hydrogens is 496 g/mol. The molecular formula is C29H26N6O4. The molecule has 0 atom stereocenters. The second kappa shape index (κ2) is 9.79. The van der Waals surface area contributed by atoms with Crippen LogP contribution in [0.15, 0.2) is 53.7 Å². The van der Waals surface area contributed by atoms with E-state index in [1.54, 1.807) is 48.6 Å². The number of anilines is 3. The molecule has 0 saturated carbocycles. The number of carbonyl (C=O) groups is 3. The molecule has 4 aromatic rings. The molecule has 0 unspecified atom stereocenters. The first-order valence-corrected chi connectivity index (χ1v) is 12.8. The van der Waals surface area contributed by atoms with E-state index >= 15 is 0 Å². The average molecular weight is 523 g/mol. The van der Waals surface area contributed by atoms with E-state index in [9.17, 15) is 19.2 Å². The average Bonchev–Trinajstić information content (AvgIpc) is 3.35. The number of rotatable bonds is 6. The van der Waals surface area contributed by atoms with E-state index in [0.29, 0.717) is 59.7 Å². The Morgan fingerprint density at radius 1 is 0.974 bits per heavy atom. The number of aryl methyl sites for hydroxylation is 2. The molecule has 1 aliphatic heterocycles. The van der Waals surface area contributed by atoms with E-state index in [2.05, 4.69) is 19.9 Å². The number of pyridine rings is 3. The summed E-state index contributed by atoms with van der Waals surface area (Å²) in [4.78, 5) is 60.1. The summed E-state index contributed by atoms with van der Waals surface area (Å²) >= 11 is 0. The highest BCUT2D eigenvalue weighted by atomic mass is 16.2. The molecule has 0 saturated heterocycles. The molecule has 0 fully saturated rings. The topological polar surface area (TPSA) is 119 Å². The smallest absolute Gasteiger partial charge is 0.276 e. The standard InChI is InChI=1S/C29H26N6O4/c1-33-15-20(12-23(28(33)38)32-26-7-6-18(16-36)14-31-26)21-8-9-30-27(22(21)17-37)35-11-10-34-24-5-3-2-4-19(24)13-25(34)29(35)39/h6-9,12-17H,2-5,10-11H2,1H3,(H,31,32). The number of carbonyl (C=O) groups excluding carboxylic acids is 3. The van der Waals surface area contributed by atoms with E-state index < -0.39 is 0 Å². The lowest BCUT2D eigenvalue weighted by molar-refractivity contribution is 0.0963. The van der Waals surface area contributed by atoms with Crippen LogP contribution in [-0.4, -0.2) is 44.1 Å². The van der Waals surface area contributed by atoms with Gasteiger partial charge in [-0.25, -0.2) is 9.97 Å². The monoisotopic (exact) mass is 522 g/mol. The number of aromatic nitrogens is 4. The second-order valence-corrected chi connectivity index (χ2v) is 9.81. The Labute approximate surface area is 223 Å². The van der Waals surface area contributed by atoms with Gasteiger partial charge in [0.2, 0.25) is 0 Å². The van der Waals surface area contributed by atoms with Crippen LogP contribution >= 0.6 is 0 Å². The number of hydrogen-bond donors (Lipinski definition) is 1. The molecule has 0 bridgehead atoms. The lowest BCUT2D eigenvalue weighted by Gasteiger charge is -2.30. The lowest BCUT2D eigenvalue weighted by Crippen LogP contribution is -2.41. The van der Waals surface area contributed by atoms with Gasteiger partial charge in [-0.2, -0.15) is 0 Å². The molecule has 39 heavy (non-hydrogen) atoms. The van der Waals surface area contributed by atoms with Crippen molar-refractivity contribution in [3.05, 3.63) is 87.4 Å². The fraction of sp³-hybridized carbons (Fsp3) is 0.241. The molecule has 10 heteroatoms. The molecule has 0 spiro atoms. The highest BCUT2D eigenvalue weighted by Crippen LogP contribution is 2.33. The number of nitrogens with zero attached hydrogens (tertiary/aromatic N) is 5. The van der Waals surface area contributed by atoms with Crippen molar-refractivity contribution >= 4 is 35.8 Å². The highest BCUT2D eigenvalue weighted by molar-refractivity contribution is 6.08. The van der Waals surface area contributed by atoms with Crippen molar-refractivity contribution in [1.82, 2.24) is 19.1 Å². The SMILES string of the molecule is Cn1cc(-c2ccnc(N3CCn4c(cc5c4CCCC5)C3=O)c2C=O)cc(Nc2ccc(C=O)cn2)c1=O. The predicted octanol–water partition coefficient (Wildman–Crippen LogP) is 3.55. The maximum atomic E-state index is 13.6. The first-order valence-electron chi connectivity index (χ1n) is 12.8. The maximum absolute atomic E-state index is 13.6. The van der Waals surface area contributed by atoms with E-state index in [-0.39, 0.29) is 22.7 Å². The summed E-state index contributed by atoms with van der Waals surface area (Å²) in [6.45, 7) is 1.05. The van der Waals surface area contributed by atoms with Crippen molar-refractivity contribution in [1.29, 1.82) is 0 Å². The minimum Gasteiger partial charge on any atom is -0.339 e. The van der Waals surface area contributed by atoms with E-state index in [1.165, 1.54) is 22.0 Å². The normalized spacial score (nSPS) is 14.5. The number of hydrogen-bond acceptors (Lipinski definition) is 7. The van der Waals surface area contributed by atoms with Crippen molar-refractivity contribution in [2.24, 2.45) is 7.05 Å². The molecule has 1 aliphatic carbocycles. The van der Waals surface area contributed by atoms with Gasteiger partial charge in [0.15, 0.2) is 12.6 Å². The minimum atomic E-state index is -0.294. The van der Waals surface area contributed by atoms with Crippen LogP contribution in [0.5, 0.6) is 0 Å². The second-order valence-electron chi connectivity index (χ2n) is 9.81. The van der Waals surface area contributed by atoms with Crippen LogP contribution in [0, 0.1) is 0 Å². The van der Waals surface area contributed by atoms with Gasteiger partial charge in [-0.15, -0.1) is 0 Å². The number of amides is 1. The van der Waals surface area contributed by atoms with Crippen molar-refractivity contribution < 1.29 is 14.4 Å². The van der Waals surface area contributed by atoms with Crippen molar-refractivity contribution in [3.8, 4) is 11.1 Å². The van der Waals surface area contributed by atoms with Gasteiger partial charge in [-0.1, -0.05) is 0 Å². The molecule has 4 aromatic heterocycles. The van der Waals surface area contributed by atoms with Gasteiger partial charge in [0.25, 0.3) is 11.5 Å². The molecule has 2 aliphatic rings. The third-order valence-electron chi connectivity index (χ3n) is 7.44. The van der Waals surface area contributed by atoms with Gasteiger partial charge in [0, 0.05) is 55.5 Å². The summed E-state index contributed by atoms with van der Waals surface area (Å²) in [6, 6.07) is 8.53. The predicted molar refractivity (Wildman–Crippen MR) is 146 cm³/mol. The molecule has 1 amide bonds. The van der Waals surface area contributed by atoms with Crippen LogP contribution in [0.2, 0.25) is 0 Å². The Kier molecular flexibility index (Phi) is 6.14. The Morgan fingerprint density at radius 3 is 2.59 bits per heavy atom. The molecule has 5 heterocycles. The zero-order chi connectivity index (χ0) is 27.1. The van der Waals surface area contributed by atoms with E-state index in [1.807, 2.05) is 6.07 Å². The summed E-state index contributed by atoms with van der Waals surface area (Å²) < 4.78 is 3.54. The van der Waals surface area contributed by atoms with Crippen LogP contribution in [-0.2, 0) is 26.4 Å². The Hall–Kier alpha value is -4.86. The third-order valence-corrected chi connectivity index (χ3v) is 7.44. The summed E-state index contributed by atoms with van der Waals surface area (Å²) in [5, 5.41) is 3.00. The Balaban J connectivity index is 1.38. The van der Waals surface area contributed by atoms with Gasteiger partial charge >= 0.3 is 0 Å². The summed E-state index contributed by atoms with van der Waals surface area (Å²) in [7, 11) is 1.62.